The standard InChI is InChI=1S/C14H19N3O4/c1-4-17(5-2)14(20)13(19)16-15-9-10-7-6-8-11(21-3)12(10)18/h6-9,18H,4-5H2,1-3H3,(H,16,19)/b15-9+. The molecule has 1 aromatic rings. The van der Waals surface area contributed by atoms with Gasteiger partial charge >= 0.3 is 11.8 Å². The van der Waals surface area contributed by atoms with Crippen molar-refractivity contribution in [1.82, 2.24) is 10.3 Å². The van der Waals surface area contributed by atoms with Crippen LogP contribution in [0.25, 0.3) is 0 Å². The topological polar surface area (TPSA) is 91.2 Å². The highest BCUT2D eigenvalue weighted by Crippen LogP contribution is 2.27. The molecular formula is C14H19N3O4. The number of aromatic hydroxyl groups is 1. The lowest BCUT2D eigenvalue weighted by molar-refractivity contribution is -0.145. The molecular weight excluding hydrogens is 274 g/mol. The van der Waals surface area contributed by atoms with Gasteiger partial charge in [0.1, 0.15) is 0 Å². The number of para-hydroxylation sites is 1. The lowest BCUT2D eigenvalue weighted by atomic mass is 10.2. The van der Waals surface area contributed by atoms with E-state index in [1.165, 1.54) is 18.2 Å². The van der Waals surface area contributed by atoms with Gasteiger partial charge in [0.25, 0.3) is 0 Å². The minimum atomic E-state index is -0.822. The molecule has 0 fully saturated rings. The van der Waals surface area contributed by atoms with Crippen molar-refractivity contribution in [1.29, 1.82) is 0 Å². The van der Waals surface area contributed by atoms with Crippen LogP contribution in [0.3, 0.4) is 0 Å². The van der Waals surface area contributed by atoms with Gasteiger partial charge in [0.2, 0.25) is 0 Å². The molecule has 114 valence electrons. The Kier molecular flexibility index (Phi) is 6.19. The zero-order chi connectivity index (χ0) is 15.8. The molecule has 0 spiro atoms. The lowest BCUT2D eigenvalue weighted by Gasteiger charge is -2.16. The first-order valence-corrected chi connectivity index (χ1v) is 6.53. The molecule has 0 bridgehead atoms. The highest BCUT2D eigenvalue weighted by Gasteiger charge is 2.18. The van der Waals surface area contributed by atoms with Crippen molar-refractivity contribution in [3.8, 4) is 11.5 Å². The third kappa shape index (κ3) is 4.20. The smallest absolute Gasteiger partial charge is 0.329 e. The van der Waals surface area contributed by atoms with E-state index in [0.29, 0.717) is 24.4 Å². The summed E-state index contributed by atoms with van der Waals surface area (Å²) in [6.07, 6.45) is 1.24. The number of nitrogens with one attached hydrogen (secondary N) is 1. The molecule has 0 heterocycles. The summed E-state index contributed by atoms with van der Waals surface area (Å²) in [5.41, 5.74) is 2.50. The van der Waals surface area contributed by atoms with Crippen molar-refractivity contribution >= 4 is 18.0 Å². The van der Waals surface area contributed by atoms with E-state index in [-0.39, 0.29) is 5.75 Å². The number of rotatable bonds is 5. The second kappa shape index (κ2) is 7.88. The predicted octanol–water partition coefficient (Wildman–Crippen LogP) is 0.719. The number of hydrazone groups is 1. The zero-order valence-corrected chi connectivity index (χ0v) is 12.3. The number of ether oxygens (including phenoxy) is 1. The third-order valence-electron chi connectivity index (χ3n) is 2.86. The Morgan fingerprint density at radius 2 is 2.05 bits per heavy atom. The second-order valence-electron chi connectivity index (χ2n) is 4.07. The molecule has 1 aromatic carbocycles. The molecule has 0 atom stereocenters. The molecule has 7 nitrogen and oxygen atoms in total. The number of nitrogens with zero attached hydrogens (tertiary/aromatic N) is 2. The third-order valence-corrected chi connectivity index (χ3v) is 2.86. The zero-order valence-electron chi connectivity index (χ0n) is 12.3. The van der Waals surface area contributed by atoms with Crippen LogP contribution in [0.15, 0.2) is 23.3 Å². The van der Waals surface area contributed by atoms with Crippen LogP contribution in [-0.4, -0.2) is 48.2 Å². The van der Waals surface area contributed by atoms with Crippen LogP contribution in [0, 0.1) is 0 Å². The molecule has 0 saturated heterocycles. The molecule has 21 heavy (non-hydrogen) atoms. The first kappa shape index (κ1) is 16.5. The first-order chi connectivity index (χ1) is 10.0. The van der Waals surface area contributed by atoms with E-state index < -0.39 is 11.8 Å². The fourth-order valence-corrected chi connectivity index (χ4v) is 1.67. The number of hydrogen-bond donors (Lipinski definition) is 2. The van der Waals surface area contributed by atoms with Gasteiger partial charge < -0.3 is 14.7 Å². The lowest BCUT2D eigenvalue weighted by Crippen LogP contribution is -2.41. The van der Waals surface area contributed by atoms with E-state index in [1.54, 1.807) is 32.0 Å². The van der Waals surface area contributed by atoms with E-state index in [2.05, 4.69) is 10.5 Å². The van der Waals surface area contributed by atoms with Gasteiger partial charge in [-0.25, -0.2) is 5.43 Å². The molecule has 1 rings (SSSR count). The van der Waals surface area contributed by atoms with Crippen molar-refractivity contribution in [3.63, 3.8) is 0 Å². The number of carbonyl (C=O) groups excluding carboxylic acids is 2. The summed E-state index contributed by atoms with van der Waals surface area (Å²) >= 11 is 0. The van der Waals surface area contributed by atoms with Gasteiger partial charge in [-0.05, 0) is 26.0 Å². The number of benzene rings is 1. The molecule has 0 saturated carbocycles. The molecule has 0 aliphatic heterocycles. The van der Waals surface area contributed by atoms with Crippen LogP contribution in [0.5, 0.6) is 11.5 Å². The summed E-state index contributed by atoms with van der Waals surface area (Å²) in [4.78, 5) is 24.7. The summed E-state index contributed by atoms with van der Waals surface area (Å²) in [6.45, 7) is 4.46. The molecule has 2 N–H and O–H groups in total. The van der Waals surface area contributed by atoms with E-state index in [9.17, 15) is 14.7 Å². The number of methoxy groups -OCH3 is 1. The van der Waals surface area contributed by atoms with Gasteiger partial charge in [0.05, 0.1) is 13.3 Å². The minimum Gasteiger partial charge on any atom is -0.504 e. The van der Waals surface area contributed by atoms with Crippen molar-refractivity contribution in [2.45, 2.75) is 13.8 Å². The average molecular weight is 293 g/mol. The Labute approximate surface area is 123 Å². The second-order valence-corrected chi connectivity index (χ2v) is 4.07. The van der Waals surface area contributed by atoms with E-state index in [1.807, 2.05) is 0 Å². The first-order valence-electron chi connectivity index (χ1n) is 6.53. The Bertz CT molecular complexity index is 539. The van der Waals surface area contributed by atoms with Crippen molar-refractivity contribution in [2.24, 2.45) is 5.10 Å². The number of phenolic OH excluding ortho intramolecular Hbond substituents is 1. The van der Waals surface area contributed by atoms with Gasteiger partial charge in [-0.1, -0.05) is 6.07 Å². The summed E-state index contributed by atoms with van der Waals surface area (Å²) in [7, 11) is 1.43. The van der Waals surface area contributed by atoms with Gasteiger partial charge in [-0.15, -0.1) is 0 Å². The van der Waals surface area contributed by atoms with Crippen LogP contribution >= 0.6 is 0 Å². The summed E-state index contributed by atoms with van der Waals surface area (Å²) < 4.78 is 4.95. The normalized spacial score (nSPS) is 10.4. The van der Waals surface area contributed by atoms with Gasteiger partial charge in [0, 0.05) is 18.7 Å². The largest absolute Gasteiger partial charge is 0.504 e. The minimum absolute atomic E-state index is 0.0898. The van der Waals surface area contributed by atoms with Crippen LogP contribution in [0.1, 0.15) is 19.4 Å². The SMILES string of the molecule is CCN(CC)C(=O)C(=O)N/N=C/c1cccc(OC)c1O. The molecule has 0 radical (unpaired) electrons. The van der Waals surface area contributed by atoms with Crippen molar-refractivity contribution in [3.05, 3.63) is 23.8 Å². The number of carbonyl (C=O) groups is 2. The monoisotopic (exact) mass is 293 g/mol. The van der Waals surface area contributed by atoms with Gasteiger partial charge in [0.15, 0.2) is 11.5 Å². The van der Waals surface area contributed by atoms with E-state index in [4.69, 9.17) is 4.74 Å². The fraction of sp³-hybridized carbons (Fsp3) is 0.357. The highest BCUT2D eigenvalue weighted by atomic mass is 16.5. The molecule has 0 aliphatic carbocycles. The van der Waals surface area contributed by atoms with E-state index in [0.717, 1.165) is 0 Å². The number of likely N-dealkylation sites (N-methyl/N-ethyl adjacent to an activating group) is 1. The predicted molar refractivity (Wildman–Crippen MR) is 78.3 cm³/mol. The molecule has 0 aromatic heterocycles. The van der Waals surface area contributed by atoms with Crippen LogP contribution in [-0.2, 0) is 9.59 Å². The quantitative estimate of drug-likeness (QED) is 0.475. The van der Waals surface area contributed by atoms with Crippen LogP contribution in [0.4, 0.5) is 0 Å². The van der Waals surface area contributed by atoms with Crippen LogP contribution in [0.2, 0.25) is 0 Å². The summed E-state index contributed by atoms with van der Waals surface area (Å²) in [6, 6.07) is 4.86. The fourth-order valence-electron chi connectivity index (χ4n) is 1.67. The van der Waals surface area contributed by atoms with Gasteiger partial charge in [-0.2, -0.15) is 5.10 Å². The van der Waals surface area contributed by atoms with Crippen molar-refractivity contribution < 1.29 is 19.4 Å². The number of amides is 2. The van der Waals surface area contributed by atoms with Crippen LogP contribution < -0.4 is 10.2 Å². The Hall–Kier alpha value is -2.57. The van der Waals surface area contributed by atoms with Gasteiger partial charge in [-0.3, -0.25) is 9.59 Å². The molecule has 0 aliphatic rings. The Morgan fingerprint density at radius 1 is 1.38 bits per heavy atom. The number of hydrogen-bond acceptors (Lipinski definition) is 5. The maximum absolute atomic E-state index is 11.7. The Morgan fingerprint density at radius 3 is 2.62 bits per heavy atom. The molecule has 2 amide bonds. The summed E-state index contributed by atoms with van der Waals surface area (Å²) in [5.74, 6) is -1.26. The van der Waals surface area contributed by atoms with Crippen molar-refractivity contribution in [2.75, 3.05) is 20.2 Å². The molecule has 7 heteroatoms. The molecule has 0 unspecified atom stereocenters. The Balaban J connectivity index is 2.71. The maximum atomic E-state index is 11.7. The average Bonchev–Trinajstić information content (AvgIpc) is 2.49. The number of phenols is 1. The summed E-state index contributed by atoms with van der Waals surface area (Å²) in [5, 5.41) is 13.5. The maximum Gasteiger partial charge on any atom is 0.329 e. The van der Waals surface area contributed by atoms with E-state index >= 15 is 0 Å². The highest BCUT2D eigenvalue weighted by molar-refractivity contribution is 6.34.